The molecule has 1 aromatic rings. The van der Waals surface area contributed by atoms with Gasteiger partial charge in [0, 0.05) is 13.3 Å². The molecule has 0 aliphatic heterocycles. The van der Waals surface area contributed by atoms with Gasteiger partial charge in [-0.1, -0.05) is 0 Å². The zero-order chi connectivity index (χ0) is 16.8. The van der Waals surface area contributed by atoms with Crippen LogP contribution in [0, 0.1) is 0 Å². The molecule has 0 unspecified atom stereocenters. The third-order valence-corrected chi connectivity index (χ3v) is 2.76. The Labute approximate surface area is 138 Å². The van der Waals surface area contributed by atoms with Crippen LogP contribution in [0.5, 0.6) is 0 Å². The monoisotopic (exact) mass is 353 g/mol. The van der Waals surface area contributed by atoms with E-state index in [0.29, 0.717) is 13.0 Å². The third-order valence-electron chi connectivity index (χ3n) is 2.76. The maximum Gasteiger partial charge on any atom is 0.416 e. The second kappa shape index (κ2) is 9.36. The first kappa shape index (κ1) is 21.2. The van der Waals surface area contributed by atoms with Gasteiger partial charge in [-0.3, -0.25) is 9.59 Å². The fraction of sp³-hybridized carbons (Fsp3) is 0.429. The first-order valence-corrected chi connectivity index (χ1v) is 6.67. The van der Waals surface area contributed by atoms with Crippen molar-refractivity contribution in [1.29, 1.82) is 0 Å². The van der Waals surface area contributed by atoms with Crippen molar-refractivity contribution in [3.8, 4) is 0 Å². The summed E-state index contributed by atoms with van der Waals surface area (Å²) in [4.78, 5) is 22.8. The molecular formula is C14H19ClF3N3O2. The third kappa shape index (κ3) is 7.34. The van der Waals surface area contributed by atoms with Crippen LogP contribution in [-0.2, 0) is 15.8 Å². The van der Waals surface area contributed by atoms with Crippen molar-refractivity contribution in [2.75, 3.05) is 24.2 Å². The van der Waals surface area contributed by atoms with E-state index >= 15 is 0 Å². The van der Waals surface area contributed by atoms with Gasteiger partial charge < -0.3 is 16.0 Å². The van der Waals surface area contributed by atoms with Gasteiger partial charge in [0.25, 0.3) is 0 Å². The summed E-state index contributed by atoms with van der Waals surface area (Å²) in [6.07, 6.45) is -3.81. The lowest BCUT2D eigenvalue weighted by Gasteiger charge is -2.14. The molecule has 0 atom stereocenters. The van der Waals surface area contributed by atoms with Crippen molar-refractivity contribution in [3.63, 3.8) is 0 Å². The van der Waals surface area contributed by atoms with Gasteiger partial charge in [0.2, 0.25) is 11.8 Å². The molecule has 23 heavy (non-hydrogen) atoms. The highest BCUT2D eigenvalue weighted by molar-refractivity contribution is 5.99. The minimum Gasteiger partial charge on any atom is -0.325 e. The Morgan fingerprint density at radius 2 is 1.78 bits per heavy atom. The lowest BCUT2D eigenvalue weighted by molar-refractivity contribution is -0.137. The number of benzene rings is 1. The number of rotatable bonds is 6. The van der Waals surface area contributed by atoms with Crippen LogP contribution in [0.4, 0.5) is 24.5 Å². The molecule has 1 aromatic carbocycles. The van der Waals surface area contributed by atoms with Crippen molar-refractivity contribution in [3.05, 3.63) is 23.8 Å². The molecule has 1 rings (SSSR count). The zero-order valence-electron chi connectivity index (χ0n) is 12.7. The van der Waals surface area contributed by atoms with Gasteiger partial charge in [-0.25, -0.2) is 0 Å². The average Bonchev–Trinajstić information content (AvgIpc) is 2.39. The van der Waals surface area contributed by atoms with Crippen LogP contribution in [0.2, 0.25) is 0 Å². The van der Waals surface area contributed by atoms with Crippen LogP contribution in [-0.4, -0.2) is 25.4 Å². The molecule has 0 aliphatic rings. The first-order valence-electron chi connectivity index (χ1n) is 6.67. The van der Waals surface area contributed by atoms with Crippen LogP contribution in [0.3, 0.4) is 0 Å². The van der Waals surface area contributed by atoms with Gasteiger partial charge in [0.15, 0.2) is 0 Å². The largest absolute Gasteiger partial charge is 0.416 e. The van der Waals surface area contributed by atoms with E-state index in [2.05, 4.69) is 16.0 Å². The maximum absolute atomic E-state index is 12.7. The maximum atomic E-state index is 12.7. The molecule has 0 bridgehead atoms. The normalized spacial score (nSPS) is 10.7. The summed E-state index contributed by atoms with van der Waals surface area (Å²) in [5.41, 5.74) is -0.839. The number of carbonyl (C=O) groups excluding carboxylic acids is 2. The molecule has 130 valence electrons. The first-order chi connectivity index (χ1) is 10.2. The van der Waals surface area contributed by atoms with Crippen LogP contribution in [0.25, 0.3) is 0 Å². The van der Waals surface area contributed by atoms with Gasteiger partial charge in [-0.05, 0) is 38.2 Å². The number of hydrogen-bond donors (Lipinski definition) is 3. The summed E-state index contributed by atoms with van der Waals surface area (Å²) < 4.78 is 38.2. The predicted molar refractivity (Wildman–Crippen MR) is 84.8 cm³/mol. The number of amides is 2. The standard InChI is InChI=1S/C14H18F3N3O2.ClH/c1-9(21)19-11-6-5-10(14(15,16)17)8-12(11)20-13(22)4-3-7-18-2;/h5-6,8,18H,3-4,7H2,1-2H3,(H,19,21)(H,20,22);1H. The minimum absolute atomic E-state index is 0. The lowest BCUT2D eigenvalue weighted by Crippen LogP contribution is -2.18. The molecule has 5 nitrogen and oxygen atoms in total. The van der Waals surface area contributed by atoms with E-state index in [1.54, 1.807) is 7.05 Å². The quantitative estimate of drug-likeness (QED) is 0.688. The molecule has 3 N–H and O–H groups in total. The highest BCUT2D eigenvalue weighted by atomic mass is 35.5. The molecule has 0 radical (unpaired) electrons. The van der Waals surface area contributed by atoms with Crippen LogP contribution in [0.15, 0.2) is 18.2 Å². The number of nitrogens with one attached hydrogen (secondary N) is 3. The molecule has 0 heterocycles. The molecule has 0 spiro atoms. The van der Waals surface area contributed by atoms with Crippen molar-refractivity contribution >= 4 is 35.6 Å². The summed E-state index contributed by atoms with van der Waals surface area (Å²) in [6.45, 7) is 1.85. The van der Waals surface area contributed by atoms with Crippen LogP contribution >= 0.6 is 12.4 Å². The van der Waals surface area contributed by atoms with Gasteiger partial charge in [-0.15, -0.1) is 12.4 Å². The molecule has 0 aromatic heterocycles. The van der Waals surface area contributed by atoms with Crippen LogP contribution < -0.4 is 16.0 Å². The Bertz CT molecular complexity index is 551. The second-order valence-corrected chi connectivity index (χ2v) is 4.69. The Morgan fingerprint density at radius 3 is 2.30 bits per heavy atom. The van der Waals surface area contributed by atoms with E-state index in [1.165, 1.54) is 6.92 Å². The fourth-order valence-corrected chi connectivity index (χ4v) is 1.76. The topological polar surface area (TPSA) is 70.2 Å². The molecule has 0 fully saturated rings. The van der Waals surface area contributed by atoms with E-state index in [-0.39, 0.29) is 30.2 Å². The van der Waals surface area contributed by atoms with Crippen LogP contribution in [0.1, 0.15) is 25.3 Å². The number of hydrogen-bond acceptors (Lipinski definition) is 3. The van der Waals surface area contributed by atoms with E-state index in [0.717, 1.165) is 18.2 Å². The number of halogens is 4. The number of alkyl halides is 3. The molecule has 0 saturated heterocycles. The van der Waals surface area contributed by atoms with Crippen molar-refractivity contribution in [2.24, 2.45) is 0 Å². The minimum atomic E-state index is -4.53. The SMILES string of the molecule is CNCCCC(=O)Nc1cc(C(F)(F)F)ccc1NC(C)=O.Cl. The Balaban J connectivity index is 0.00000484. The Hall–Kier alpha value is -1.80. The zero-order valence-corrected chi connectivity index (χ0v) is 13.5. The highest BCUT2D eigenvalue weighted by Crippen LogP contribution is 2.34. The summed E-state index contributed by atoms with van der Waals surface area (Å²) in [5, 5.41) is 7.66. The van der Waals surface area contributed by atoms with Crippen molar-refractivity contribution < 1.29 is 22.8 Å². The molecule has 0 saturated carbocycles. The Morgan fingerprint density at radius 1 is 1.13 bits per heavy atom. The van der Waals surface area contributed by atoms with Gasteiger partial charge in [0.1, 0.15) is 0 Å². The van der Waals surface area contributed by atoms with Crippen molar-refractivity contribution in [1.82, 2.24) is 5.32 Å². The second-order valence-electron chi connectivity index (χ2n) is 4.69. The predicted octanol–water partition coefficient (Wildman–Crippen LogP) is 3.02. The summed E-state index contributed by atoms with van der Waals surface area (Å²) in [5.74, 6) is -0.855. The smallest absolute Gasteiger partial charge is 0.325 e. The number of anilines is 2. The summed E-state index contributed by atoms with van der Waals surface area (Å²) in [7, 11) is 1.74. The Kier molecular flexibility index (Phi) is 8.63. The molecule has 9 heteroatoms. The van der Waals surface area contributed by atoms with Gasteiger partial charge in [0.05, 0.1) is 16.9 Å². The summed E-state index contributed by atoms with van der Waals surface area (Å²) >= 11 is 0. The van der Waals surface area contributed by atoms with Gasteiger partial charge >= 0.3 is 6.18 Å². The summed E-state index contributed by atoms with van der Waals surface area (Å²) in [6, 6.07) is 2.77. The van der Waals surface area contributed by atoms with E-state index in [1.807, 2.05) is 0 Å². The van der Waals surface area contributed by atoms with Gasteiger partial charge in [-0.2, -0.15) is 13.2 Å². The average molecular weight is 354 g/mol. The van der Waals surface area contributed by atoms with E-state index in [4.69, 9.17) is 0 Å². The molecule has 0 aliphatic carbocycles. The van der Waals surface area contributed by atoms with E-state index in [9.17, 15) is 22.8 Å². The molecule has 2 amide bonds. The lowest BCUT2D eigenvalue weighted by atomic mass is 10.1. The number of carbonyl (C=O) groups is 2. The fourth-order valence-electron chi connectivity index (χ4n) is 1.76. The van der Waals surface area contributed by atoms with E-state index < -0.39 is 23.6 Å². The van der Waals surface area contributed by atoms with Crippen molar-refractivity contribution in [2.45, 2.75) is 25.9 Å². The molecular weight excluding hydrogens is 335 g/mol. The highest BCUT2D eigenvalue weighted by Gasteiger charge is 2.31.